The number of ether oxygens (including phenoxy) is 1. The Morgan fingerprint density at radius 3 is 2.82 bits per heavy atom. The molecule has 1 saturated heterocycles. The summed E-state index contributed by atoms with van der Waals surface area (Å²) in [4.78, 5) is 28.6. The molecule has 4 heterocycles. The number of rotatable bonds is 1. The molecule has 1 aromatic heterocycles. The van der Waals surface area contributed by atoms with Crippen molar-refractivity contribution in [3.63, 3.8) is 0 Å². The van der Waals surface area contributed by atoms with Gasteiger partial charge in [-0.15, -0.1) is 11.8 Å². The highest BCUT2D eigenvalue weighted by atomic mass is 32.2. The van der Waals surface area contributed by atoms with Gasteiger partial charge in [-0.1, -0.05) is 36.4 Å². The minimum absolute atomic E-state index is 0.00478. The number of benzene rings is 2. The standard InChI is InChI=1S/C25H23N3O4S/c1-15-5-4-6-16-14-33-19-8-3-2-7-17(19)22(21(15)16)28-20-13-32-12-11-26(20)25(31)23-24(30)18(29)9-10-27(23)28/h2-10,20,22,30H,11-14H2,1H3/t20-,22-/m1/s1. The molecule has 0 aliphatic carbocycles. The van der Waals surface area contributed by atoms with Gasteiger partial charge < -0.3 is 14.7 Å². The number of hydrogen-bond acceptors (Lipinski definition) is 6. The summed E-state index contributed by atoms with van der Waals surface area (Å²) in [6, 6.07) is 15.7. The first-order valence-corrected chi connectivity index (χ1v) is 12.0. The number of pyridine rings is 1. The maximum absolute atomic E-state index is 13.4. The third-order valence-electron chi connectivity index (χ3n) is 6.72. The monoisotopic (exact) mass is 461 g/mol. The molecule has 0 bridgehead atoms. The van der Waals surface area contributed by atoms with Gasteiger partial charge in [-0.2, -0.15) is 0 Å². The lowest BCUT2D eigenvalue weighted by Crippen LogP contribution is -2.66. The molecule has 168 valence electrons. The van der Waals surface area contributed by atoms with E-state index in [1.165, 1.54) is 22.1 Å². The highest BCUT2D eigenvalue weighted by Crippen LogP contribution is 2.45. The molecule has 0 unspecified atom stereocenters. The largest absolute Gasteiger partial charge is 0.502 e. The summed E-state index contributed by atoms with van der Waals surface area (Å²) >= 11 is 1.80. The van der Waals surface area contributed by atoms with Crippen LogP contribution < -0.4 is 10.4 Å². The fourth-order valence-electron chi connectivity index (χ4n) is 5.21. The maximum Gasteiger partial charge on any atom is 0.278 e. The third-order valence-corrected chi connectivity index (χ3v) is 7.86. The van der Waals surface area contributed by atoms with Crippen LogP contribution in [0, 0.1) is 6.92 Å². The minimum Gasteiger partial charge on any atom is -0.502 e. The number of amides is 1. The molecule has 3 aliphatic heterocycles. The second-order valence-corrected chi connectivity index (χ2v) is 9.55. The molecular formula is C25H23N3O4S. The van der Waals surface area contributed by atoms with Crippen LogP contribution in [-0.2, 0) is 10.5 Å². The summed E-state index contributed by atoms with van der Waals surface area (Å²) in [6.07, 6.45) is 1.22. The van der Waals surface area contributed by atoms with Crippen LogP contribution in [-0.4, -0.2) is 46.5 Å². The van der Waals surface area contributed by atoms with Crippen molar-refractivity contribution in [1.29, 1.82) is 0 Å². The van der Waals surface area contributed by atoms with Gasteiger partial charge in [-0.3, -0.25) is 19.3 Å². The van der Waals surface area contributed by atoms with Crippen molar-refractivity contribution >= 4 is 17.7 Å². The van der Waals surface area contributed by atoms with Crippen molar-refractivity contribution in [2.75, 3.05) is 24.8 Å². The van der Waals surface area contributed by atoms with Crippen LogP contribution in [0.25, 0.3) is 0 Å². The van der Waals surface area contributed by atoms with E-state index in [1.807, 2.05) is 12.1 Å². The van der Waals surface area contributed by atoms with Crippen LogP contribution in [0.1, 0.15) is 38.8 Å². The van der Waals surface area contributed by atoms with E-state index in [-0.39, 0.29) is 23.8 Å². The molecule has 6 rings (SSSR count). The van der Waals surface area contributed by atoms with Crippen LogP contribution in [0.2, 0.25) is 0 Å². The van der Waals surface area contributed by atoms with Crippen molar-refractivity contribution in [3.8, 4) is 5.75 Å². The number of carbonyl (C=O) groups is 1. The maximum atomic E-state index is 13.4. The van der Waals surface area contributed by atoms with Gasteiger partial charge in [0, 0.05) is 29.5 Å². The number of hydrogen-bond donors (Lipinski definition) is 1. The quantitative estimate of drug-likeness (QED) is 0.601. The first kappa shape index (κ1) is 20.4. The fraction of sp³-hybridized carbons (Fsp3) is 0.280. The summed E-state index contributed by atoms with van der Waals surface area (Å²) in [5.41, 5.74) is 4.13. The molecule has 0 saturated carbocycles. The Hall–Kier alpha value is -3.23. The third kappa shape index (κ3) is 3.01. The van der Waals surface area contributed by atoms with E-state index in [0.29, 0.717) is 19.8 Å². The average molecular weight is 462 g/mol. The van der Waals surface area contributed by atoms with Gasteiger partial charge in [0.05, 0.1) is 19.3 Å². The smallest absolute Gasteiger partial charge is 0.278 e. The molecule has 7 nitrogen and oxygen atoms in total. The van der Waals surface area contributed by atoms with Crippen molar-refractivity contribution in [2.24, 2.45) is 0 Å². The number of morpholine rings is 1. The molecule has 1 amide bonds. The van der Waals surface area contributed by atoms with Crippen LogP contribution >= 0.6 is 11.8 Å². The van der Waals surface area contributed by atoms with Gasteiger partial charge >= 0.3 is 0 Å². The van der Waals surface area contributed by atoms with Crippen molar-refractivity contribution in [1.82, 2.24) is 9.58 Å². The molecule has 0 radical (unpaired) electrons. The first-order chi connectivity index (χ1) is 16.1. The topological polar surface area (TPSA) is 75.0 Å². The van der Waals surface area contributed by atoms with Crippen molar-refractivity contribution in [3.05, 3.63) is 92.9 Å². The first-order valence-electron chi connectivity index (χ1n) is 11.0. The van der Waals surface area contributed by atoms with Gasteiger partial charge in [0.2, 0.25) is 5.43 Å². The number of thioether (sulfide) groups is 1. The van der Waals surface area contributed by atoms with E-state index in [9.17, 15) is 14.7 Å². The van der Waals surface area contributed by atoms with E-state index < -0.39 is 11.2 Å². The molecule has 2 atom stereocenters. The molecule has 1 fully saturated rings. The lowest BCUT2D eigenvalue weighted by Gasteiger charge is -2.51. The van der Waals surface area contributed by atoms with Crippen molar-refractivity contribution in [2.45, 2.75) is 29.8 Å². The highest BCUT2D eigenvalue weighted by molar-refractivity contribution is 7.98. The van der Waals surface area contributed by atoms with E-state index in [4.69, 9.17) is 4.74 Å². The predicted octanol–water partition coefficient (Wildman–Crippen LogP) is 3.01. The molecule has 8 heteroatoms. The Kier molecular flexibility index (Phi) is 4.74. The van der Waals surface area contributed by atoms with Crippen molar-refractivity contribution < 1.29 is 14.6 Å². The Bertz CT molecular complexity index is 1340. The lowest BCUT2D eigenvalue weighted by atomic mass is 9.90. The van der Waals surface area contributed by atoms with Crippen LogP contribution in [0.5, 0.6) is 5.75 Å². The Balaban J connectivity index is 1.68. The van der Waals surface area contributed by atoms with E-state index in [2.05, 4.69) is 42.3 Å². The minimum atomic E-state index is -0.560. The number of aromatic nitrogens is 1. The van der Waals surface area contributed by atoms with Gasteiger partial charge in [0.25, 0.3) is 5.91 Å². The lowest BCUT2D eigenvalue weighted by molar-refractivity contribution is -0.0197. The summed E-state index contributed by atoms with van der Waals surface area (Å²) in [7, 11) is 0. The molecular weight excluding hydrogens is 438 g/mol. The predicted molar refractivity (Wildman–Crippen MR) is 125 cm³/mol. The average Bonchev–Trinajstić information content (AvgIpc) is 3.00. The highest BCUT2D eigenvalue weighted by Gasteiger charge is 2.46. The van der Waals surface area contributed by atoms with Crippen LogP contribution in [0.15, 0.2) is 64.4 Å². The zero-order chi connectivity index (χ0) is 22.7. The molecule has 33 heavy (non-hydrogen) atoms. The van der Waals surface area contributed by atoms with Gasteiger partial charge in [-0.25, -0.2) is 0 Å². The normalized spacial score (nSPS) is 21.5. The SMILES string of the molecule is Cc1cccc2c1[C@H](N1[C@@H]3COCCN3C(=O)c3c(O)c(=O)ccn31)c1ccccc1SC2. The van der Waals surface area contributed by atoms with E-state index in [1.54, 1.807) is 27.5 Å². The summed E-state index contributed by atoms with van der Waals surface area (Å²) in [6.45, 7) is 3.26. The molecule has 2 aromatic carbocycles. The number of fused-ring (bicyclic) bond motifs is 4. The Labute approximate surface area is 195 Å². The number of carbonyl (C=O) groups excluding carboxylic acids is 1. The Morgan fingerprint density at radius 2 is 1.94 bits per heavy atom. The van der Waals surface area contributed by atoms with Gasteiger partial charge in [0.1, 0.15) is 6.17 Å². The zero-order valence-electron chi connectivity index (χ0n) is 18.1. The van der Waals surface area contributed by atoms with Crippen LogP contribution in [0.4, 0.5) is 0 Å². The molecule has 0 spiro atoms. The zero-order valence-corrected chi connectivity index (χ0v) is 18.9. The van der Waals surface area contributed by atoms with Crippen LogP contribution in [0.3, 0.4) is 0 Å². The van der Waals surface area contributed by atoms with Gasteiger partial charge in [-0.05, 0) is 35.2 Å². The molecule has 3 aromatic rings. The Morgan fingerprint density at radius 1 is 1.09 bits per heavy atom. The fourth-order valence-corrected chi connectivity index (χ4v) is 6.30. The van der Waals surface area contributed by atoms with E-state index in [0.717, 1.165) is 16.9 Å². The number of aromatic hydroxyl groups is 1. The van der Waals surface area contributed by atoms with Gasteiger partial charge in [0.15, 0.2) is 11.4 Å². The molecule has 1 N–H and O–H groups in total. The second kappa shape index (κ2) is 7.67. The second-order valence-electron chi connectivity index (χ2n) is 8.53. The van der Waals surface area contributed by atoms with E-state index >= 15 is 0 Å². The summed E-state index contributed by atoms with van der Waals surface area (Å²) in [5.74, 6) is -0.0282. The number of nitrogens with zero attached hydrogens (tertiary/aromatic N) is 3. The summed E-state index contributed by atoms with van der Waals surface area (Å²) < 4.78 is 7.51. The molecule has 3 aliphatic rings. The number of aryl methyl sites for hydroxylation is 1. The summed E-state index contributed by atoms with van der Waals surface area (Å²) in [5, 5.41) is 12.8.